The van der Waals surface area contributed by atoms with E-state index >= 15 is 0 Å². The first-order valence-corrected chi connectivity index (χ1v) is 9.61. The number of likely N-dealkylation sites (tertiary alicyclic amines) is 1. The summed E-state index contributed by atoms with van der Waals surface area (Å²) in [5, 5.41) is 6.83. The first kappa shape index (κ1) is 19.5. The summed E-state index contributed by atoms with van der Waals surface area (Å²) in [5.74, 6) is 1.55. The van der Waals surface area contributed by atoms with Gasteiger partial charge in [-0.05, 0) is 45.3 Å². The van der Waals surface area contributed by atoms with Crippen LogP contribution in [0, 0.1) is 0 Å². The number of guanidine groups is 1. The van der Waals surface area contributed by atoms with Gasteiger partial charge in [0.05, 0.1) is 13.2 Å². The minimum Gasteiger partial charge on any atom is -0.477 e. The van der Waals surface area contributed by atoms with Crippen molar-refractivity contribution in [3.05, 3.63) is 23.9 Å². The molecule has 0 aliphatic carbocycles. The van der Waals surface area contributed by atoms with Crippen LogP contribution in [0.25, 0.3) is 0 Å². The van der Waals surface area contributed by atoms with Gasteiger partial charge >= 0.3 is 0 Å². The van der Waals surface area contributed by atoms with Gasteiger partial charge in [0, 0.05) is 30.9 Å². The second-order valence-electron chi connectivity index (χ2n) is 6.32. The average molecular weight is 348 g/mol. The normalized spacial score (nSPS) is 18.4. The summed E-state index contributed by atoms with van der Waals surface area (Å²) in [5.41, 5.74) is 1.02. The molecule has 1 aliphatic rings. The lowest BCUT2D eigenvalue weighted by atomic mass is 10.2. The average Bonchev–Trinajstić information content (AvgIpc) is 3.10. The van der Waals surface area contributed by atoms with Crippen LogP contribution in [-0.4, -0.2) is 54.7 Å². The zero-order chi connectivity index (χ0) is 17.9. The number of nitrogens with zero attached hydrogens (tertiary/aromatic N) is 3. The van der Waals surface area contributed by atoms with Gasteiger partial charge in [0.15, 0.2) is 5.96 Å². The molecule has 140 valence electrons. The van der Waals surface area contributed by atoms with E-state index in [-0.39, 0.29) is 0 Å². The zero-order valence-corrected chi connectivity index (χ0v) is 15.9. The molecule has 2 heterocycles. The molecule has 0 spiro atoms. The predicted octanol–water partition coefficient (Wildman–Crippen LogP) is 2.41. The molecule has 25 heavy (non-hydrogen) atoms. The quantitative estimate of drug-likeness (QED) is 0.531. The second-order valence-corrected chi connectivity index (χ2v) is 6.32. The van der Waals surface area contributed by atoms with Crippen LogP contribution in [0.2, 0.25) is 0 Å². The molecule has 1 atom stereocenters. The lowest BCUT2D eigenvalue weighted by Gasteiger charge is -2.24. The van der Waals surface area contributed by atoms with Gasteiger partial charge < -0.3 is 15.4 Å². The number of likely N-dealkylation sites (N-methyl/N-ethyl adjacent to an activating group) is 1. The molecule has 6 heteroatoms. The molecule has 0 amide bonds. The van der Waals surface area contributed by atoms with Crippen molar-refractivity contribution >= 4 is 5.96 Å². The lowest BCUT2D eigenvalue weighted by molar-refractivity contribution is 0.267. The molecule has 2 rings (SSSR count). The largest absolute Gasteiger partial charge is 0.477 e. The summed E-state index contributed by atoms with van der Waals surface area (Å²) in [6.45, 7) is 11.8. The Kier molecular flexibility index (Phi) is 8.52. The molecule has 1 aromatic rings. The van der Waals surface area contributed by atoms with Crippen LogP contribution in [0.5, 0.6) is 5.88 Å². The Labute approximate surface area is 152 Å². The van der Waals surface area contributed by atoms with E-state index < -0.39 is 0 Å². The highest BCUT2D eigenvalue weighted by Gasteiger charge is 2.22. The van der Waals surface area contributed by atoms with Gasteiger partial charge in [-0.15, -0.1) is 0 Å². The maximum Gasteiger partial charge on any atom is 0.218 e. The van der Waals surface area contributed by atoms with Crippen molar-refractivity contribution in [2.24, 2.45) is 4.99 Å². The molecule has 1 aromatic heterocycles. The molecule has 2 N–H and O–H groups in total. The third-order valence-corrected chi connectivity index (χ3v) is 4.45. The number of ether oxygens (including phenoxy) is 1. The van der Waals surface area contributed by atoms with Gasteiger partial charge in [0.2, 0.25) is 5.88 Å². The van der Waals surface area contributed by atoms with Crippen molar-refractivity contribution in [1.82, 2.24) is 20.5 Å². The Morgan fingerprint density at radius 3 is 3.00 bits per heavy atom. The van der Waals surface area contributed by atoms with Crippen LogP contribution in [0.1, 0.15) is 45.6 Å². The van der Waals surface area contributed by atoms with Crippen molar-refractivity contribution < 1.29 is 4.74 Å². The van der Waals surface area contributed by atoms with E-state index in [1.807, 2.05) is 12.1 Å². The monoisotopic (exact) mass is 347 g/mol. The number of aliphatic imine (C=N–C) groups is 1. The Hall–Kier alpha value is -1.82. The van der Waals surface area contributed by atoms with Crippen LogP contribution in [0.15, 0.2) is 23.3 Å². The fourth-order valence-corrected chi connectivity index (χ4v) is 3.14. The Morgan fingerprint density at radius 2 is 2.24 bits per heavy atom. The van der Waals surface area contributed by atoms with Crippen molar-refractivity contribution in [1.29, 1.82) is 0 Å². The third kappa shape index (κ3) is 6.20. The van der Waals surface area contributed by atoms with Crippen LogP contribution in [0.3, 0.4) is 0 Å². The summed E-state index contributed by atoms with van der Waals surface area (Å²) in [4.78, 5) is 11.6. The van der Waals surface area contributed by atoms with E-state index in [4.69, 9.17) is 9.73 Å². The minimum absolute atomic E-state index is 0.560. The molecule has 0 bridgehead atoms. The highest BCUT2D eigenvalue weighted by atomic mass is 16.5. The molecular weight excluding hydrogens is 314 g/mol. The van der Waals surface area contributed by atoms with E-state index in [0.717, 1.165) is 37.6 Å². The molecule has 0 radical (unpaired) electrons. The van der Waals surface area contributed by atoms with Crippen LogP contribution < -0.4 is 15.4 Å². The van der Waals surface area contributed by atoms with Gasteiger partial charge in [0.25, 0.3) is 0 Å². The van der Waals surface area contributed by atoms with Crippen LogP contribution >= 0.6 is 0 Å². The van der Waals surface area contributed by atoms with Crippen molar-refractivity contribution in [2.45, 2.75) is 52.6 Å². The molecule has 1 fully saturated rings. The van der Waals surface area contributed by atoms with E-state index in [9.17, 15) is 0 Å². The Bertz CT molecular complexity index is 534. The topological polar surface area (TPSA) is 61.8 Å². The van der Waals surface area contributed by atoms with Gasteiger partial charge in [-0.25, -0.2) is 9.98 Å². The fraction of sp³-hybridized carbons (Fsp3) is 0.684. The first-order chi connectivity index (χ1) is 12.3. The van der Waals surface area contributed by atoms with Crippen LogP contribution in [0.4, 0.5) is 0 Å². The number of hydrogen-bond donors (Lipinski definition) is 2. The van der Waals surface area contributed by atoms with E-state index in [1.54, 1.807) is 6.20 Å². The van der Waals surface area contributed by atoms with Gasteiger partial charge in [-0.3, -0.25) is 4.90 Å². The van der Waals surface area contributed by atoms with Crippen molar-refractivity contribution in [2.75, 3.05) is 32.8 Å². The highest BCUT2D eigenvalue weighted by molar-refractivity contribution is 5.79. The van der Waals surface area contributed by atoms with Crippen molar-refractivity contribution in [3.63, 3.8) is 0 Å². The van der Waals surface area contributed by atoms with Crippen molar-refractivity contribution in [3.8, 4) is 5.88 Å². The highest BCUT2D eigenvalue weighted by Crippen LogP contribution is 2.16. The summed E-state index contributed by atoms with van der Waals surface area (Å²) in [7, 11) is 0. The van der Waals surface area contributed by atoms with E-state index in [0.29, 0.717) is 25.1 Å². The molecule has 1 unspecified atom stereocenters. The first-order valence-electron chi connectivity index (χ1n) is 9.61. The number of aromatic nitrogens is 1. The minimum atomic E-state index is 0.560. The van der Waals surface area contributed by atoms with Gasteiger partial charge in [0.1, 0.15) is 0 Å². The molecule has 0 saturated carbocycles. The molecule has 6 nitrogen and oxygen atoms in total. The second kappa shape index (κ2) is 10.9. The summed E-state index contributed by atoms with van der Waals surface area (Å²) in [6, 6.07) is 4.57. The van der Waals surface area contributed by atoms with E-state index in [2.05, 4.69) is 41.3 Å². The maximum atomic E-state index is 5.72. The Balaban J connectivity index is 1.95. The molecule has 1 aliphatic heterocycles. The molecular formula is C19H33N5O. The number of nitrogens with one attached hydrogen (secondary N) is 2. The smallest absolute Gasteiger partial charge is 0.218 e. The summed E-state index contributed by atoms with van der Waals surface area (Å²) in [6.07, 6.45) is 5.29. The third-order valence-electron chi connectivity index (χ3n) is 4.45. The molecule has 1 saturated heterocycles. The SMILES string of the molecule is CCCOc1ncccc1CN=C(NCC)NCC1CCCN1CC. The summed E-state index contributed by atoms with van der Waals surface area (Å²) < 4.78 is 5.72. The maximum absolute atomic E-state index is 5.72. The zero-order valence-electron chi connectivity index (χ0n) is 15.9. The lowest BCUT2D eigenvalue weighted by Crippen LogP contribution is -2.44. The molecule has 0 aromatic carbocycles. The van der Waals surface area contributed by atoms with Gasteiger partial charge in [-0.1, -0.05) is 19.9 Å². The summed E-state index contributed by atoms with van der Waals surface area (Å²) >= 11 is 0. The fourth-order valence-electron chi connectivity index (χ4n) is 3.14. The number of hydrogen-bond acceptors (Lipinski definition) is 4. The van der Waals surface area contributed by atoms with Gasteiger partial charge in [-0.2, -0.15) is 0 Å². The Morgan fingerprint density at radius 1 is 1.36 bits per heavy atom. The van der Waals surface area contributed by atoms with E-state index in [1.165, 1.54) is 19.4 Å². The predicted molar refractivity (Wildman–Crippen MR) is 103 cm³/mol. The number of rotatable bonds is 9. The number of pyridine rings is 1. The standard InChI is InChI=1S/C19H33N5O/c1-4-13-25-18-16(9-7-11-21-18)14-22-19(20-5-2)23-15-17-10-8-12-24(17)6-3/h7,9,11,17H,4-6,8,10,12-15H2,1-3H3,(H2,20,22,23). The van der Waals surface area contributed by atoms with Crippen LogP contribution in [-0.2, 0) is 6.54 Å².